The molecule has 0 aromatic carbocycles. The number of hydrogen-bond acceptors (Lipinski definition) is 11. The minimum Gasteiger partial charge on any atom is -0.481 e. The zero-order valence-corrected chi connectivity index (χ0v) is 56.6. The Hall–Kier alpha value is -3.84. The summed E-state index contributed by atoms with van der Waals surface area (Å²) in [7, 11) is 0. The van der Waals surface area contributed by atoms with Gasteiger partial charge < -0.3 is 34.6 Å². The Morgan fingerprint density at radius 2 is 0.697 bits per heavy atom. The monoisotopic (exact) mass is 1260 g/mol. The molecular weight excluding hydrogens is 1120 g/mol. The summed E-state index contributed by atoms with van der Waals surface area (Å²) >= 11 is 0. The molecule has 4 N–H and O–H groups in total. The van der Waals surface area contributed by atoms with Crippen molar-refractivity contribution in [1.29, 1.82) is 0 Å². The number of aliphatic hydroxyl groups excluding tert-OH is 2. The molecule has 0 amide bonds. The largest absolute Gasteiger partial charge is 0.481 e. The maximum Gasteiger partial charge on any atom is 0.317 e. The quantitative estimate of drug-likeness (QED) is 0.0147. The van der Waals surface area contributed by atoms with Gasteiger partial charge in [-0.3, -0.25) is 28.8 Å². The molecule has 0 spiro atoms. The molecule has 0 aromatic rings. The number of aliphatic carboxylic acids is 2. The molecule has 3 unspecified atom stereocenters. The average molecular weight is 1260 g/mol. The molecule has 1 aliphatic rings. The van der Waals surface area contributed by atoms with E-state index in [1.165, 1.54) is 238 Å². The molecule has 524 valence electrons. The number of esters is 4. The van der Waals surface area contributed by atoms with Crippen LogP contribution in [0.2, 0.25) is 0 Å². The van der Waals surface area contributed by atoms with E-state index in [1.807, 2.05) is 30.4 Å². The van der Waals surface area contributed by atoms with E-state index in [4.69, 9.17) is 19.7 Å². The molecule has 13 nitrogen and oxygen atoms in total. The average Bonchev–Trinajstić information content (AvgIpc) is 3.13. The number of ether oxygens (including phenoxy) is 3. The summed E-state index contributed by atoms with van der Waals surface area (Å²) in [4.78, 5) is 70.5. The first-order chi connectivity index (χ1) is 42.2. The zero-order valence-electron chi connectivity index (χ0n) is 56.6. The molecule has 1 aliphatic heterocycles. The predicted molar refractivity (Wildman–Crippen MR) is 371 cm³/mol. The number of carboxylic acid groups (broad SMARTS) is 2. The molecule has 0 aromatic heterocycles. The first kappa shape index (κ1) is 91.6. The Labute approximate surface area is 547 Å². The standard InChI is InChI=1S/C48H86O8.C22H38O3.C4H10O2.2CH4/c1-4-6-8-10-12-14-16-18-20-22-24-26-28-30-32-34-36-43(47(51)52)38-45(49)55-40-42(3)41-56-46(50)39-44(48(53)54)37-35-33-31-29-27-25-23-21-19-17-15-13-11-9-7-5-2;1-2-3-4-5-6-7-8-9-10-11-12-13-14-15-16-17-18-20-19-21(23)25-22(20)24;1-4(2-5)3-6;;/h32-35,42-44H,4-31,36-41H2,1-3H3,(H,51,52)(H,53,54);16-17,20H,2-15,18-19H2,1H3;4-6H,2-3H2,1H3;2*1H4/b34-32+,35-33+;17-16+;;;. The van der Waals surface area contributed by atoms with Crippen LogP contribution in [0.25, 0.3) is 0 Å². The van der Waals surface area contributed by atoms with Crippen molar-refractivity contribution in [1.82, 2.24) is 0 Å². The first-order valence-electron chi connectivity index (χ1n) is 35.9. The van der Waals surface area contributed by atoms with Crippen LogP contribution in [0, 0.1) is 29.6 Å². The maximum absolute atomic E-state index is 12.4. The fourth-order valence-corrected chi connectivity index (χ4v) is 10.3. The van der Waals surface area contributed by atoms with E-state index in [9.17, 15) is 39.0 Å². The molecule has 1 heterocycles. The van der Waals surface area contributed by atoms with Gasteiger partial charge in [0.15, 0.2) is 0 Å². The second kappa shape index (κ2) is 71.6. The smallest absolute Gasteiger partial charge is 0.317 e. The van der Waals surface area contributed by atoms with Gasteiger partial charge in [-0.15, -0.1) is 0 Å². The fourth-order valence-electron chi connectivity index (χ4n) is 10.3. The summed E-state index contributed by atoms with van der Waals surface area (Å²) in [6.45, 7) is 10.4. The number of unbranched alkanes of at least 4 members (excludes halogenated alkanes) is 39. The molecule has 89 heavy (non-hydrogen) atoms. The number of allylic oxidation sites excluding steroid dienone is 6. The Morgan fingerprint density at radius 3 is 0.933 bits per heavy atom. The highest BCUT2D eigenvalue weighted by Gasteiger charge is 2.32. The second-order valence-corrected chi connectivity index (χ2v) is 25.3. The maximum atomic E-state index is 12.4. The van der Waals surface area contributed by atoms with Crippen LogP contribution >= 0.6 is 0 Å². The lowest BCUT2D eigenvalue weighted by atomic mass is 10.0. The third-order valence-electron chi connectivity index (χ3n) is 16.4. The number of carbonyl (C=O) groups excluding carboxylic acids is 4. The Bertz CT molecular complexity index is 1610. The van der Waals surface area contributed by atoms with Crippen LogP contribution in [0.3, 0.4) is 0 Å². The molecule has 1 saturated heterocycles. The highest BCUT2D eigenvalue weighted by molar-refractivity contribution is 5.94. The van der Waals surface area contributed by atoms with Crippen molar-refractivity contribution in [2.75, 3.05) is 26.4 Å². The van der Waals surface area contributed by atoms with Crippen LogP contribution in [-0.2, 0) is 43.0 Å². The van der Waals surface area contributed by atoms with E-state index >= 15 is 0 Å². The predicted octanol–water partition coefficient (Wildman–Crippen LogP) is 21.1. The van der Waals surface area contributed by atoms with E-state index < -0.39 is 35.7 Å². The number of rotatable bonds is 60. The van der Waals surface area contributed by atoms with Gasteiger partial charge in [-0.25, -0.2) is 0 Å². The van der Waals surface area contributed by atoms with Crippen LogP contribution in [-0.4, -0.2) is 82.7 Å². The van der Waals surface area contributed by atoms with Gasteiger partial charge in [-0.2, -0.15) is 0 Å². The normalized spacial score (nSPS) is 14.0. The molecule has 13 heteroatoms. The molecule has 0 radical (unpaired) electrons. The summed E-state index contributed by atoms with van der Waals surface area (Å²) in [6, 6.07) is 0. The van der Waals surface area contributed by atoms with E-state index in [0.717, 1.165) is 32.1 Å². The number of carbonyl (C=O) groups is 6. The molecule has 3 atom stereocenters. The van der Waals surface area contributed by atoms with Crippen LogP contribution in [0.15, 0.2) is 36.5 Å². The fraction of sp³-hybridized carbons (Fsp3) is 0.842. The van der Waals surface area contributed by atoms with Crippen LogP contribution in [0.1, 0.15) is 358 Å². The van der Waals surface area contributed by atoms with Crippen LogP contribution in [0.4, 0.5) is 0 Å². The van der Waals surface area contributed by atoms with Crippen molar-refractivity contribution in [3.05, 3.63) is 36.5 Å². The highest BCUT2D eigenvalue weighted by Crippen LogP contribution is 2.22. The third kappa shape index (κ3) is 66.9. The van der Waals surface area contributed by atoms with Gasteiger partial charge in [0, 0.05) is 25.0 Å². The first-order valence-corrected chi connectivity index (χ1v) is 35.9. The number of aliphatic hydroxyl groups is 2. The molecule has 0 bridgehead atoms. The number of carboxylic acids is 2. The molecular formula is C76H142O13. The third-order valence-corrected chi connectivity index (χ3v) is 16.4. The highest BCUT2D eigenvalue weighted by atomic mass is 16.6. The lowest BCUT2D eigenvalue weighted by Crippen LogP contribution is -2.23. The topological polar surface area (TPSA) is 211 Å². The summed E-state index contributed by atoms with van der Waals surface area (Å²) in [5.74, 6) is -6.20. The zero-order chi connectivity index (χ0) is 64.5. The van der Waals surface area contributed by atoms with Crippen LogP contribution < -0.4 is 0 Å². The van der Waals surface area contributed by atoms with Crippen molar-refractivity contribution in [2.24, 2.45) is 29.6 Å². The number of hydrogen-bond donors (Lipinski definition) is 4. The molecule has 0 aliphatic carbocycles. The van der Waals surface area contributed by atoms with Gasteiger partial charge in [0.05, 0.1) is 50.2 Å². The Kier molecular flexibility index (Phi) is 73.7. The minimum atomic E-state index is -1.03. The van der Waals surface area contributed by atoms with Gasteiger partial charge >= 0.3 is 35.8 Å². The molecule has 0 saturated carbocycles. The minimum absolute atomic E-state index is 0. The summed E-state index contributed by atoms with van der Waals surface area (Å²) in [6.07, 6.45) is 67.7. The van der Waals surface area contributed by atoms with Crippen molar-refractivity contribution >= 4 is 35.8 Å². The molecule has 1 fully saturated rings. The lowest BCUT2D eigenvalue weighted by molar-refractivity contribution is -0.155. The van der Waals surface area contributed by atoms with Gasteiger partial charge in [-0.1, -0.05) is 317 Å². The Balaban J connectivity index is -0.000000900. The summed E-state index contributed by atoms with van der Waals surface area (Å²) in [5, 5.41) is 35.6. The van der Waals surface area contributed by atoms with Gasteiger partial charge in [0.1, 0.15) is 0 Å². The number of cyclic esters (lactones) is 2. The van der Waals surface area contributed by atoms with Gasteiger partial charge in [0.2, 0.25) is 0 Å². The van der Waals surface area contributed by atoms with E-state index in [-0.39, 0.29) is 103 Å². The van der Waals surface area contributed by atoms with Crippen molar-refractivity contribution in [2.45, 2.75) is 358 Å². The molecule has 1 rings (SSSR count). The van der Waals surface area contributed by atoms with E-state index in [0.29, 0.717) is 6.42 Å². The second-order valence-electron chi connectivity index (χ2n) is 25.3. The van der Waals surface area contributed by atoms with Gasteiger partial charge in [0.25, 0.3) is 0 Å². The summed E-state index contributed by atoms with van der Waals surface area (Å²) < 4.78 is 15.1. The van der Waals surface area contributed by atoms with Crippen molar-refractivity contribution in [3.63, 3.8) is 0 Å². The summed E-state index contributed by atoms with van der Waals surface area (Å²) in [5.41, 5.74) is 0. The SMILES string of the molecule is C.C.CC(CO)CO.CCCCCCCCCCCCCCC/C=C/CC(CC(=O)OCC(C)COC(=O)CC(C/C=C/CCCCCCCCCCCCCCC)C(=O)O)C(=O)O.CCCCCCCCCCCCCCC/C=C/CC1CC(=O)OC1=O. The van der Waals surface area contributed by atoms with Crippen molar-refractivity contribution in [3.8, 4) is 0 Å². The Morgan fingerprint density at radius 1 is 0.427 bits per heavy atom. The van der Waals surface area contributed by atoms with E-state index in [1.54, 1.807) is 13.8 Å². The van der Waals surface area contributed by atoms with Crippen LogP contribution in [0.5, 0.6) is 0 Å². The van der Waals surface area contributed by atoms with Crippen molar-refractivity contribution < 1.29 is 63.4 Å². The van der Waals surface area contributed by atoms with Gasteiger partial charge in [-0.05, 0) is 57.8 Å². The van der Waals surface area contributed by atoms with E-state index in [2.05, 4.69) is 31.6 Å². The lowest BCUT2D eigenvalue weighted by Gasteiger charge is -2.15.